The minimum Gasteiger partial charge on any atom is -0.481 e. The van der Waals surface area contributed by atoms with Gasteiger partial charge >= 0.3 is 12.0 Å². The molecule has 0 aliphatic rings. The van der Waals surface area contributed by atoms with E-state index < -0.39 is 17.9 Å². The third-order valence-corrected chi connectivity index (χ3v) is 2.76. The molecular formula is C10H13N3O4S. The number of carboxylic acid groups (broad SMARTS) is 1. The second-order valence-corrected chi connectivity index (χ2v) is 4.40. The first-order valence-electron chi connectivity index (χ1n) is 5.22. The highest BCUT2D eigenvalue weighted by molar-refractivity contribution is 7.13. The number of imide groups is 1. The van der Waals surface area contributed by atoms with Crippen molar-refractivity contribution in [1.29, 1.82) is 0 Å². The number of anilines is 1. The van der Waals surface area contributed by atoms with E-state index in [0.717, 1.165) is 5.69 Å². The van der Waals surface area contributed by atoms with Gasteiger partial charge in [0, 0.05) is 18.2 Å². The fraction of sp³-hybridized carbons (Fsp3) is 0.400. The number of thiazole rings is 1. The maximum absolute atomic E-state index is 11.3. The Labute approximate surface area is 107 Å². The van der Waals surface area contributed by atoms with Gasteiger partial charge in [0.05, 0.1) is 5.69 Å². The maximum atomic E-state index is 11.3. The molecule has 0 saturated heterocycles. The largest absolute Gasteiger partial charge is 0.481 e. The first kappa shape index (κ1) is 14.1. The van der Waals surface area contributed by atoms with Crippen LogP contribution in [0.1, 0.15) is 25.0 Å². The van der Waals surface area contributed by atoms with Crippen LogP contribution in [-0.4, -0.2) is 28.0 Å². The molecule has 0 aliphatic heterocycles. The smallest absolute Gasteiger partial charge is 0.327 e. The molecule has 3 amide bonds. The van der Waals surface area contributed by atoms with E-state index in [0.29, 0.717) is 5.13 Å². The number of carboxylic acids is 1. The zero-order chi connectivity index (χ0) is 13.5. The van der Waals surface area contributed by atoms with Crippen molar-refractivity contribution in [2.75, 3.05) is 5.32 Å². The van der Waals surface area contributed by atoms with Gasteiger partial charge in [-0.1, -0.05) is 0 Å². The van der Waals surface area contributed by atoms with Gasteiger partial charge in [0.2, 0.25) is 5.91 Å². The highest BCUT2D eigenvalue weighted by atomic mass is 32.1. The van der Waals surface area contributed by atoms with Crippen molar-refractivity contribution < 1.29 is 19.5 Å². The van der Waals surface area contributed by atoms with E-state index in [1.165, 1.54) is 11.3 Å². The van der Waals surface area contributed by atoms with E-state index in [-0.39, 0.29) is 19.3 Å². The van der Waals surface area contributed by atoms with Crippen molar-refractivity contribution in [3.05, 3.63) is 11.1 Å². The average molecular weight is 271 g/mol. The summed E-state index contributed by atoms with van der Waals surface area (Å²) >= 11 is 1.25. The molecule has 0 atom stereocenters. The van der Waals surface area contributed by atoms with Crippen LogP contribution in [0.3, 0.4) is 0 Å². The van der Waals surface area contributed by atoms with Gasteiger partial charge in [-0.15, -0.1) is 11.3 Å². The van der Waals surface area contributed by atoms with Crippen LogP contribution in [0, 0.1) is 6.92 Å². The molecule has 1 aromatic rings. The number of hydrogen-bond donors (Lipinski definition) is 3. The van der Waals surface area contributed by atoms with E-state index in [1.54, 1.807) is 12.3 Å². The van der Waals surface area contributed by atoms with Crippen LogP contribution in [0.15, 0.2) is 5.38 Å². The van der Waals surface area contributed by atoms with Gasteiger partial charge in [0.15, 0.2) is 5.13 Å². The predicted molar refractivity (Wildman–Crippen MR) is 65.5 cm³/mol. The maximum Gasteiger partial charge on any atom is 0.327 e. The van der Waals surface area contributed by atoms with Gasteiger partial charge in [0.25, 0.3) is 0 Å². The van der Waals surface area contributed by atoms with Gasteiger partial charge in [-0.05, 0) is 13.3 Å². The molecule has 0 unspecified atom stereocenters. The lowest BCUT2D eigenvalue weighted by Crippen LogP contribution is -2.34. The molecule has 1 heterocycles. The Hall–Kier alpha value is -1.96. The van der Waals surface area contributed by atoms with Crippen molar-refractivity contribution in [2.24, 2.45) is 0 Å². The van der Waals surface area contributed by atoms with Gasteiger partial charge in [-0.2, -0.15) is 0 Å². The number of urea groups is 1. The van der Waals surface area contributed by atoms with Crippen molar-refractivity contribution in [3.63, 3.8) is 0 Å². The molecule has 1 aromatic heterocycles. The van der Waals surface area contributed by atoms with Crippen molar-refractivity contribution >= 4 is 34.4 Å². The van der Waals surface area contributed by atoms with Crippen LogP contribution in [0.5, 0.6) is 0 Å². The van der Waals surface area contributed by atoms with Crippen molar-refractivity contribution in [3.8, 4) is 0 Å². The zero-order valence-electron chi connectivity index (χ0n) is 9.73. The summed E-state index contributed by atoms with van der Waals surface area (Å²) in [6, 6.07) is -0.662. The number of hydrogen-bond acceptors (Lipinski definition) is 5. The molecule has 0 aliphatic carbocycles. The topological polar surface area (TPSA) is 108 Å². The van der Waals surface area contributed by atoms with E-state index in [1.807, 2.05) is 0 Å². The summed E-state index contributed by atoms with van der Waals surface area (Å²) in [5.41, 5.74) is 0.781. The second kappa shape index (κ2) is 6.70. The summed E-state index contributed by atoms with van der Waals surface area (Å²) in [5, 5.41) is 15.1. The number of aliphatic carboxylic acids is 1. The molecule has 3 N–H and O–H groups in total. The average Bonchev–Trinajstić information content (AvgIpc) is 2.62. The summed E-state index contributed by atoms with van der Waals surface area (Å²) in [5.74, 6) is -1.48. The van der Waals surface area contributed by atoms with Gasteiger partial charge in [-0.25, -0.2) is 9.78 Å². The van der Waals surface area contributed by atoms with Crippen LogP contribution in [0.4, 0.5) is 9.93 Å². The summed E-state index contributed by atoms with van der Waals surface area (Å²) in [6.07, 6.45) is 0.0993. The molecular weight excluding hydrogens is 258 g/mol. The summed E-state index contributed by atoms with van der Waals surface area (Å²) in [6.45, 7) is 1.79. The minimum absolute atomic E-state index is 0.00336. The number of aryl methyl sites for hydroxylation is 1. The third-order valence-electron chi connectivity index (χ3n) is 1.89. The Kier molecular flexibility index (Phi) is 5.25. The van der Waals surface area contributed by atoms with Crippen LogP contribution >= 0.6 is 11.3 Å². The monoisotopic (exact) mass is 271 g/mol. The third kappa shape index (κ3) is 5.39. The SMILES string of the molecule is Cc1csc(NC(=O)NC(=O)CCCC(=O)O)n1. The predicted octanol–water partition coefficient (Wildman–Crippen LogP) is 1.35. The molecule has 98 valence electrons. The normalized spacial score (nSPS) is 9.83. The van der Waals surface area contributed by atoms with Crippen LogP contribution in [0.25, 0.3) is 0 Å². The molecule has 0 aromatic carbocycles. The van der Waals surface area contributed by atoms with E-state index >= 15 is 0 Å². The highest BCUT2D eigenvalue weighted by Gasteiger charge is 2.10. The lowest BCUT2D eigenvalue weighted by atomic mass is 10.2. The molecule has 7 nitrogen and oxygen atoms in total. The zero-order valence-corrected chi connectivity index (χ0v) is 10.5. The van der Waals surface area contributed by atoms with E-state index in [2.05, 4.69) is 15.6 Å². The number of aromatic nitrogens is 1. The second-order valence-electron chi connectivity index (χ2n) is 3.54. The molecule has 18 heavy (non-hydrogen) atoms. The molecule has 0 saturated carbocycles. The number of carbonyl (C=O) groups excluding carboxylic acids is 2. The standard InChI is InChI=1S/C10H13N3O4S/c1-6-5-18-10(11-6)13-9(17)12-7(14)3-2-4-8(15)16/h5H,2-4H2,1H3,(H,15,16)(H2,11,12,13,14,17). The molecule has 1 rings (SSSR count). The summed E-state index contributed by atoms with van der Waals surface area (Å²) < 4.78 is 0. The lowest BCUT2D eigenvalue weighted by Gasteiger charge is -2.03. The van der Waals surface area contributed by atoms with E-state index in [9.17, 15) is 14.4 Å². The first-order chi connectivity index (χ1) is 8.47. The number of amides is 3. The fourth-order valence-corrected chi connectivity index (χ4v) is 1.81. The highest BCUT2D eigenvalue weighted by Crippen LogP contribution is 2.13. The first-order valence-corrected chi connectivity index (χ1v) is 6.10. The Morgan fingerprint density at radius 1 is 1.39 bits per heavy atom. The Morgan fingerprint density at radius 2 is 2.11 bits per heavy atom. The molecule has 0 fully saturated rings. The van der Waals surface area contributed by atoms with Crippen LogP contribution < -0.4 is 10.6 Å². The van der Waals surface area contributed by atoms with Gasteiger partial charge in [-0.3, -0.25) is 20.2 Å². The Morgan fingerprint density at radius 3 is 2.67 bits per heavy atom. The molecule has 0 bridgehead atoms. The lowest BCUT2D eigenvalue weighted by molar-refractivity contribution is -0.137. The van der Waals surface area contributed by atoms with Gasteiger partial charge < -0.3 is 5.11 Å². The van der Waals surface area contributed by atoms with Crippen LogP contribution in [-0.2, 0) is 9.59 Å². The Balaban J connectivity index is 2.27. The van der Waals surface area contributed by atoms with Gasteiger partial charge in [0.1, 0.15) is 0 Å². The summed E-state index contributed by atoms with van der Waals surface area (Å²) in [4.78, 5) is 36.8. The molecule has 0 radical (unpaired) electrons. The van der Waals surface area contributed by atoms with Crippen molar-refractivity contribution in [2.45, 2.75) is 26.2 Å². The number of nitrogens with one attached hydrogen (secondary N) is 2. The number of rotatable bonds is 5. The number of nitrogens with zero attached hydrogens (tertiary/aromatic N) is 1. The Bertz CT molecular complexity index is 458. The van der Waals surface area contributed by atoms with Crippen molar-refractivity contribution in [1.82, 2.24) is 10.3 Å². The quantitative estimate of drug-likeness (QED) is 0.749. The molecule has 0 spiro atoms. The number of carbonyl (C=O) groups is 3. The fourth-order valence-electron chi connectivity index (χ4n) is 1.13. The van der Waals surface area contributed by atoms with E-state index in [4.69, 9.17) is 5.11 Å². The molecule has 8 heteroatoms. The summed E-state index contributed by atoms with van der Waals surface area (Å²) in [7, 11) is 0. The van der Waals surface area contributed by atoms with Crippen LogP contribution in [0.2, 0.25) is 0 Å². The minimum atomic E-state index is -0.967.